The average molecular weight is 310 g/mol. The van der Waals surface area contributed by atoms with Gasteiger partial charge >= 0.3 is 0 Å². The molecule has 23 heavy (non-hydrogen) atoms. The lowest BCUT2D eigenvalue weighted by Crippen LogP contribution is -2.19. The Labute approximate surface area is 133 Å². The van der Waals surface area contributed by atoms with E-state index in [1.54, 1.807) is 28.9 Å². The number of nitrogens with zero attached hydrogens (tertiary/aromatic N) is 4. The van der Waals surface area contributed by atoms with Crippen molar-refractivity contribution < 1.29 is 4.74 Å². The van der Waals surface area contributed by atoms with E-state index in [1.807, 2.05) is 44.2 Å². The number of methoxy groups -OCH3 is 1. The van der Waals surface area contributed by atoms with Crippen molar-refractivity contribution in [1.82, 2.24) is 19.3 Å². The number of aromatic nitrogens is 4. The molecule has 0 saturated heterocycles. The van der Waals surface area contributed by atoms with Crippen molar-refractivity contribution >= 4 is 11.0 Å². The number of allylic oxidation sites excluding steroid dienone is 2. The van der Waals surface area contributed by atoms with Gasteiger partial charge in [-0.25, -0.2) is 9.67 Å². The van der Waals surface area contributed by atoms with Gasteiger partial charge in [0.2, 0.25) is 0 Å². The van der Waals surface area contributed by atoms with Gasteiger partial charge in [-0.1, -0.05) is 11.6 Å². The molecule has 0 aliphatic carbocycles. The van der Waals surface area contributed by atoms with Gasteiger partial charge in [0, 0.05) is 6.54 Å². The summed E-state index contributed by atoms with van der Waals surface area (Å²) in [6.07, 6.45) is 5.11. The van der Waals surface area contributed by atoms with Crippen molar-refractivity contribution in [3.63, 3.8) is 0 Å². The molecule has 118 valence electrons. The second kappa shape index (κ2) is 6.08. The molecule has 0 saturated carbocycles. The van der Waals surface area contributed by atoms with Gasteiger partial charge in [-0.15, -0.1) is 0 Å². The maximum absolute atomic E-state index is 12.5. The highest BCUT2D eigenvalue weighted by molar-refractivity contribution is 5.74. The zero-order chi connectivity index (χ0) is 16.4. The van der Waals surface area contributed by atoms with E-state index in [4.69, 9.17) is 4.74 Å². The lowest BCUT2D eigenvalue weighted by molar-refractivity contribution is 0.414. The summed E-state index contributed by atoms with van der Waals surface area (Å²) in [6, 6.07) is 7.45. The summed E-state index contributed by atoms with van der Waals surface area (Å²) in [5.74, 6) is 0.766. The third-order valence-electron chi connectivity index (χ3n) is 3.57. The van der Waals surface area contributed by atoms with Crippen LogP contribution in [-0.2, 0) is 6.54 Å². The fourth-order valence-corrected chi connectivity index (χ4v) is 2.27. The van der Waals surface area contributed by atoms with Crippen molar-refractivity contribution in [2.24, 2.45) is 0 Å². The Bertz CT molecular complexity index is 916. The lowest BCUT2D eigenvalue weighted by Gasteiger charge is -2.05. The van der Waals surface area contributed by atoms with Crippen LogP contribution in [0, 0.1) is 0 Å². The van der Waals surface area contributed by atoms with Crippen LogP contribution in [0.5, 0.6) is 5.75 Å². The summed E-state index contributed by atoms with van der Waals surface area (Å²) >= 11 is 0. The summed E-state index contributed by atoms with van der Waals surface area (Å²) in [6.45, 7) is 4.51. The highest BCUT2D eigenvalue weighted by Gasteiger charge is 2.11. The highest BCUT2D eigenvalue weighted by Crippen LogP contribution is 2.17. The van der Waals surface area contributed by atoms with Crippen LogP contribution in [0.25, 0.3) is 16.7 Å². The molecule has 0 spiro atoms. The number of fused-ring (bicyclic) bond motifs is 1. The Morgan fingerprint density at radius 3 is 2.65 bits per heavy atom. The maximum Gasteiger partial charge on any atom is 0.264 e. The first-order valence-electron chi connectivity index (χ1n) is 7.31. The van der Waals surface area contributed by atoms with Crippen LogP contribution in [-0.4, -0.2) is 26.4 Å². The molecular weight excluding hydrogens is 292 g/mol. The van der Waals surface area contributed by atoms with Crippen molar-refractivity contribution in [3.8, 4) is 11.4 Å². The Hall–Kier alpha value is -2.89. The highest BCUT2D eigenvalue weighted by atomic mass is 16.5. The molecule has 0 radical (unpaired) electrons. The van der Waals surface area contributed by atoms with Gasteiger partial charge in [0.1, 0.15) is 17.5 Å². The zero-order valence-electron chi connectivity index (χ0n) is 13.4. The van der Waals surface area contributed by atoms with E-state index in [9.17, 15) is 4.79 Å². The fourth-order valence-electron chi connectivity index (χ4n) is 2.27. The molecule has 0 unspecified atom stereocenters. The Morgan fingerprint density at radius 2 is 2.00 bits per heavy atom. The van der Waals surface area contributed by atoms with Gasteiger partial charge in [-0.2, -0.15) is 5.10 Å². The molecule has 3 rings (SSSR count). The van der Waals surface area contributed by atoms with Crippen LogP contribution in [0.1, 0.15) is 13.8 Å². The number of hydrogen-bond acceptors (Lipinski definition) is 4. The Morgan fingerprint density at radius 1 is 1.26 bits per heavy atom. The molecule has 0 fully saturated rings. The molecule has 3 aromatic rings. The molecule has 0 aliphatic rings. The first kappa shape index (κ1) is 15.0. The van der Waals surface area contributed by atoms with Gasteiger partial charge in [0.05, 0.1) is 19.0 Å². The van der Waals surface area contributed by atoms with E-state index in [0.29, 0.717) is 17.6 Å². The van der Waals surface area contributed by atoms with Crippen LogP contribution < -0.4 is 10.3 Å². The molecule has 0 aliphatic heterocycles. The van der Waals surface area contributed by atoms with Gasteiger partial charge < -0.3 is 4.74 Å². The number of ether oxygens (including phenoxy) is 1. The SMILES string of the molecule is COc1ccc(-n2ncc3c(=O)n(CC=C(C)C)cnc32)cc1. The molecule has 0 amide bonds. The first-order chi connectivity index (χ1) is 11.1. The largest absolute Gasteiger partial charge is 0.497 e. The predicted molar refractivity (Wildman–Crippen MR) is 89.1 cm³/mol. The summed E-state index contributed by atoms with van der Waals surface area (Å²) in [5.41, 5.74) is 2.45. The average Bonchev–Trinajstić information content (AvgIpc) is 2.99. The number of benzene rings is 1. The monoisotopic (exact) mass is 310 g/mol. The number of hydrogen-bond donors (Lipinski definition) is 0. The third kappa shape index (κ3) is 2.88. The lowest BCUT2D eigenvalue weighted by atomic mass is 10.3. The molecule has 2 aromatic heterocycles. The minimum absolute atomic E-state index is 0.0905. The van der Waals surface area contributed by atoms with Crippen molar-refractivity contribution in [3.05, 3.63) is 58.8 Å². The van der Waals surface area contributed by atoms with E-state index in [-0.39, 0.29) is 5.56 Å². The fraction of sp³-hybridized carbons (Fsp3) is 0.235. The quantitative estimate of drug-likeness (QED) is 0.695. The van der Waals surface area contributed by atoms with Gasteiger partial charge in [0.15, 0.2) is 5.65 Å². The second-order valence-corrected chi connectivity index (χ2v) is 5.48. The van der Waals surface area contributed by atoms with Crippen LogP contribution >= 0.6 is 0 Å². The minimum Gasteiger partial charge on any atom is -0.497 e. The van der Waals surface area contributed by atoms with Crippen molar-refractivity contribution in [1.29, 1.82) is 0 Å². The van der Waals surface area contributed by atoms with Crippen LogP contribution in [0.15, 0.2) is 53.2 Å². The van der Waals surface area contributed by atoms with Crippen molar-refractivity contribution in [2.75, 3.05) is 7.11 Å². The van der Waals surface area contributed by atoms with E-state index < -0.39 is 0 Å². The van der Waals surface area contributed by atoms with Gasteiger partial charge in [-0.05, 0) is 38.1 Å². The van der Waals surface area contributed by atoms with E-state index in [1.165, 1.54) is 0 Å². The van der Waals surface area contributed by atoms with E-state index in [0.717, 1.165) is 17.0 Å². The third-order valence-corrected chi connectivity index (χ3v) is 3.57. The van der Waals surface area contributed by atoms with E-state index >= 15 is 0 Å². The number of rotatable bonds is 4. The normalized spacial score (nSPS) is 10.7. The molecule has 6 heteroatoms. The molecule has 1 aromatic carbocycles. The molecule has 6 nitrogen and oxygen atoms in total. The minimum atomic E-state index is -0.0905. The summed E-state index contributed by atoms with van der Waals surface area (Å²) in [5, 5.41) is 4.81. The molecular formula is C17H18N4O2. The standard InChI is InChI=1S/C17H18N4O2/c1-12(2)8-9-20-11-18-16-15(17(20)22)10-19-21(16)13-4-6-14(23-3)7-5-13/h4-8,10-11H,9H2,1-3H3. The first-order valence-corrected chi connectivity index (χ1v) is 7.31. The van der Waals surface area contributed by atoms with Crippen LogP contribution in [0.4, 0.5) is 0 Å². The van der Waals surface area contributed by atoms with E-state index in [2.05, 4.69) is 10.1 Å². The zero-order valence-corrected chi connectivity index (χ0v) is 13.4. The van der Waals surface area contributed by atoms with Gasteiger partial charge in [-0.3, -0.25) is 9.36 Å². The summed E-state index contributed by atoms with van der Waals surface area (Å²) in [4.78, 5) is 16.9. The Balaban J connectivity index is 2.05. The van der Waals surface area contributed by atoms with Crippen LogP contribution in [0.3, 0.4) is 0 Å². The smallest absolute Gasteiger partial charge is 0.264 e. The predicted octanol–water partition coefficient (Wildman–Crippen LogP) is 2.56. The molecule has 0 N–H and O–H groups in total. The molecule has 0 atom stereocenters. The maximum atomic E-state index is 12.5. The second-order valence-electron chi connectivity index (χ2n) is 5.48. The van der Waals surface area contributed by atoms with Crippen LogP contribution in [0.2, 0.25) is 0 Å². The topological polar surface area (TPSA) is 61.9 Å². The van der Waals surface area contributed by atoms with Gasteiger partial charge in [0.25, 0.3) is 5.56 Å². The Kier molecular flexibility index (Phi) is 3.97. The summed E-state index contributed by atoms with van der Waals surface area (Å²) in [7, 11) is 1.62. The molecule has 2 heterocycles. The van der Waals surface area contributed by atoms with Crippen molar-refractivity contribution in [2.45, 2.75) is 20.4 Å². The molecule has 0 bridgehead atoms. The summed E-state index contributed by atoms with van der Waals surface area (Å²) < 4.78 is 8.38.